The number of rotatable bonds is 11. The molecule has 0 bridgehead atoms. The van der Waals surface area contributed by atoms with Gasteiger partial charge in [0.05, 0.1) is 11.1 Å². The first kappa shape index (κ1) is 22.2. The zero-order chi connectivity index (χ0) is 21.5. The Morgan fingerprint density at radius 3 is 2.23 bits per heavy atom. The van der Waals surface area contributed by atoms with Crippen LogP contribution in [0, 0.1) is 0 Å². The largest absolute Gasteiger partial charge is 0.295 e. The zero-order valence-corrected chi connectivity index (χ0v) is 17.9. The van der Waals surface area contributed by atoms with Crippen molar-refractivity contribution in [1.29, 1.82) is 0 Å². The lowest BCUT2D eigenvalue weighted by molar-refractivity contribution is -0.136. The number of hydrogen-bond donors (Lipinski definition) is 1. The van der Waals surface area contributed by atoms with Gasteiger partial charge in [0.1, 0.15) is 6.04 Å². The second-order valence-corrected chi connectivity index (χ2v) is 8.37. The van der Waals surface area contributed by atoms with Gasteiger partial charge in [-0.15, -0.1) is 0 Å². The minimum Gasteiger partial charge on any atom is -0.295 e. The van der Waals surface area contributed by atoms with Gasteiger partial charge >= 0.3 is 0 Å². The molecule has 1 aromatic rings. The van der Waals surface area contributed by atoms with Crippen LogP contribution in [0.15, 0.2) is 18.2 Å². The number of nitrogens with one attached hydrogen (secondary N) is 1. The molecule has 0 saturated carbocycles. The molecule has 0 aromatic heterocycles. The van der Waals surface area contributed by atoms with Gasteiger partial charge in [0.15, 0.2) is 0 Å². The number of nitrogens with zero attached hydrogens (tertiary/aromatic N) is 1. The number of unbranched alkanes of at least 4 members (excludes halogenated alkanes) is 8. The maximum absolute atomic E-state index is 13.1. The first-order valence-corrected chi connectivity index (χ1v) is 11.4. The molecule has 1 unspecified atom stereocenters. The number of imide groups is 2. The molecule has 4 amide bonds. The van der Waals surface area contributed by atoms with Crippen molar-refractivity contribution in [2.24, 2.45) is 0 Å². The van der Waals surface area contributed by atoms with Gasteiger partial charge in [0.25, 0.3) is 11.8 Å². The fourth-order valence-corrected chi connectivity index (χ4v) is 4.42. The molecule has 1 saturated heterocycles. The molecule has 2 aliphatic rings. The predicted molar refractivity (Wildman–Crippen MR) is 114 cm³/mol. The van der Waals surface area contributed by atoms with Crippen LogP contribution in [0.25, 0.3) is 0 Å². The number of amides is 4. The van der Waals surface area contributed by atoms with E-state index >= 15 is 0 Å². The number of hydrogen-bond acceptors (Lipinski definition) is 4. The lowest BCUT2D eigenvalue weighted by atomic mass is 9.97. The fourth-order valence-electron chi connectivity index (χ4n) is 4.42. The second-order valence-electron chi connectivity index (χ2n) is 8.37. The van der Waals surface area contributed by atoms with E-state index in [9.17, 15) is 19.2 Å². The van der Waals surface area contributed by atoms with Crippen LogP contribution in [0.4, 0.5) is 0 Å². The van der Waals surface area contributed by atoms with E-state index in [-0.39, 0.29) is 18.7 Å². The first-order chi connectivity index (χ1) is 14.5. The van der Waals surface area contributed by atoms with Crippen LogP contribution < -0.4 is 5.32 Å². The Morgan fingerprint density at radius 2 is 1.57 bits per heavy atom. The van der Waals surface area contributed by atoms with Gasteiger partial charge in [-0.05, 0) is 30.9 Å². The van der Waals surface area contributed by atoms with Gasteiger partial charge in [0, 0.05) is 6.42 Å². The molecule has 30 heavy (non-hydrogen) atoms. The number of benzene rings is 1. The highest BCUT2D eigenvalue weighted by atomic mass is 16.2. The molecule has 0 radical (unpaired) electrons. The summed E-state index contributed by atoms with van der Waals surface area (Å²) in [5, 5.41) is 2.23. The Labute approximate surface area is 178 Å². The normalized spacial score (nSPS) is 18.7. The number of carbonyl (C=O) groups is 4. The summed E-state index contributed by atoms with van der Waals surface area (Å²) in [6, 6.07) is 4.46. The van der Waals surface area contributed by atoms with Gasteiger partial charge in [0.2, 0.25) is 11.8 Å². The molecular weight excluding hydrogens is 380 g/mol. The molecular formula is C24H32N2O4. The van der Waals surface area contributed by atoms with Crippen molar-refractivity contribution in [2.75, 3.05) is 0 Å². The van der Waals surface area contributed by atoms with Crippen LogP contribution in [0.3, 0.4) is 0 Å². The van der Waals surface area contributed by atoms with Crippen LogP contribution >= 0.6 is 0 Å². The lowest BCUT2D eigenvalue weighted by Gasteiger charge is -2.27. The molecule has 6 heteroatoms. The van der Waals surface area contributed by atoms with Gasteiger partial charge in [-0.1, -0.05) is 70.4 Å². The SMILES string of the molecule is CCCCCCCCCCCc1cccc2c1C(=O)N(C1CCC(=O)NC1=O)C2=O. The molecule has 2 aliphatic heterocycles. The summed E-state index contributed by atoms with van der Waals surface area (Å²) >= 11 is 0. The number of piperidine rings is 1. The topological polar surface area (TPSA) is 83.6 Å². The van der Waals surface area contributed by atoms with Crippen LogP contribution in [0.5, 0.6) is 0 Å². The number of fused-ring (bicyclic) bond motifs is 1. The van der Waals surface area contributed by atoms with Crippen molar-refractivity contribution in [3.63, 3.8) is 0 Å². The summed E-state index contributed by atoms with van der Waals surface area (Å²) in [6.45, 7) is 2.22. The quantitative estimate of drug-likeness (QED) is 0.437. The fraction of sp³-hybridized carbons (Fsp3) is 0.583. The minimum atomic E-state index is -0.907. The van der Waals surface area contributed by atoms with Gasteiger partial charge < -0.3 is 0 Å². The molecule has 1 N–H and O–H groups in total. The Balaban J connectivity index is 1.56. The Kier molecular flexibility index (Phi) is 7.77. The minimum absolute atomic E-state index is 0.134. The summed E-state index contributed by atoms with van der Waals surface area (Å²) in [5.74, 6) is -1.77. The van der Waals surface area contributed by atoms with Gasteiger partial charge in [-0.25, -0.2) is 0 Å². The monoisotopic (exact) mass is 412 g/mol. The lowest BCUT2D eigenvalue weighted by Crippen LogP contribution is -2.54. The Bertz CT molecular complexity index is 817. The van der Waals surface area contributed by atoms with Crippen LogP contribution in [-0.2, 0) is 16.0 Å². The molecule has 0 aliphatic carbocycles. The van der Waals surface area contributed by atoms with Crippen molar-refractivity contribution in [3.8, 4) is 0 Å². The molecule has 0 spiro atoms. The van der Waals surface area contributed by atoms with Crippen molar-refractivity contribution < 1.29 is 19.2 Å². The third-order valence-electron chi connectivity index (χ3n) is 6.10. The molecule has 3 rings (SSSR count). The van der Waals surface area contributed by atoms with E-state index in [1.165, 1.54) is 44.9 Å². The Morgan fingerprint density at radius 1 is 0.900 bits per heavy atom. The highest BCUT2D eigenvalue weighted by Crippen LogP contribution is 2.30. The molecule has 1 atom stereocenters. The van der Waals surface area contributed by atoms with E-state index in [2.05, 4.69) is 12.2 Å². The number of carbonyl (C=O) groups excluding carboxylic acids is 4. The molecule has 162 valence electrons. The maximum atomic E-state index is 13.1. The standard InChI is InChI=1S/C24H32N2O4/c1-2-3-4-5-6-7-8-9-10-12-17-13-11-14-18-21(17)24(30)26(23(18)29)19-15-16-20(27)25-22(19)28/h11,13-14,19H,2-10,12,15-16H2,1H3,(H,25,27,28). The smallest absolute Gasteiger partial charge is 0.262 e. The van der Waals surface area contributed by atoms with E-state index in [1.807, 2.05) is 6.07 Å². The van der Waals surface area contributed by atoms with Crippen LogP contribution in [0.2, 0.25) is 0 Å². The zero-order valence-electron chi connectivity index (χ0n) is 17.9. The molecule has 1 aromatic carbocycles. The van der Waals surface area contributed by atoms with Gasteiger partial charge in [-0.2, -0.15) is 0 Å². The van der Waals surface area contributed by atoms with Crippen molar-refractivity contribution in [1.82, 2.24) is 10.2 Å². The summed E-state index contributed by atoms with van der Waals surface area (Å²) < 4.78 is 0. The first-order valence-electron chi connectivity index (χ1n) is 11.4. The predicted octanol–water partition coefficient (Wildman–Crippen LogP) is 4.16. The second kappa shape index (κ2) is 10.5. The molecule has 6 nitrogen and oxygen atoms in total. The summed E-state index contributed by atoms with van der Waals surface area (Å²) in [7, 11) is 0. The maximum Gasteiger partial charge on any atom is 0.262 e. The number of aryl methyl sites for hydroxylation is 1. The average molecular weight is 413 g/mol. The van der Waals surface area contributed by atoms with Crippen LogP contribution in [0.1, 0.15) is 104 Å². The third kappa shape index (κ3) is 4.97. The van der Waals surface area contributed by atoms with Crippen LogP contribution in [-0.4, -0.2) is 34.6 Å². The van der Waals surface area contributed by atoms with E-state index in [1.54, 1.807) is 12.1 Å². The summed E-state index contributed by atoms with van der Waals surface area (Å²) in [5.41, 5.74) is 1.69. The highest BCUT2D eigenvalue weighted by Gasteiger charge is 2.45. The summed E-state index contributed by atoms with van der Waals surface area (Å²) in [4.78, 5) is 50.6. The summed E-state index contributed by atoms with van der Waals surface area (Å²) in [6.07, 6.45) is 12.1. The molecule has 2 heterocycles. The Hall–Kier alpha value is -2.50. The highest BCUT2D eigenvalue weighted by molar-refractivity contribution is 6.24. The van der Waals surface area contributed by atoms with E-state index in [4.69, 9.17) is 0 Å². The van der Waals surface area contributed by atoms with Crippen molar-refractivity contribution in [3.05, 3.63) is 34.9 Å². The van der Waals surface area contributed by atoms with E-state index < -0.39 is 23.8 Å². The molecule has 1 fully saturated rings. The van der Waals surface area contributed by atoms with Crippen molar-refractivity contribution >= 4 is 23.6 Å². The van der Waals surface area contributed by atoms with Gasteiger partial charge in [-0.3, -0.25) is 29.4 Å². The van der Waals surface area contributed by atoms with E-state index in [0.29, 0.717) is 11.1 Å². The van der Waals surface area contributed by atoms with E-state index in [0.717, 1.165) is 29.7 Å². The third-order valence-corrected chi connectivity index (χ3v) is 6.10. The van der Waals surface area contributed by atoms with Crippen molar-refractivity contribution in [2.45, 2.75) is 90.0 Å². The average Bonchev–Trinajstić information content (AvgIpc) is 2.98.